The van der Waals surface area contributed by atoms with Crippen LogP contribution in [0.25, 0.3) is 0 Å². The van der Waals surface area contributed by atoms with Gasteiger partial charge in [0.1, 0.15) is 0 Å². The molecule has 0 amide bonds. The second kappa shape index (κ2) is 16.5. The SMILES string of the molecule is O.O.O.O.O=P(O)(O)O.[NaH]. The molecule has 66 valence electrons. The number of rotatable bonds is 0. The molecule has 0 unspecified atom stereocenters. The summed E-state index contributed by atoms with van der Waals surface area (Å²) in [6, 6.07) is 0. The molecule has 0 radical (unpaired) electrons. The summed E-state index contributed by atoms with van der Waals surface area (Å²) in [5.41, 5.74) is 0. The summed E-state index contributed by atoms with van der Waals surface area (Å²) < 4.78 is 8.88. The van der Waals surface area contributed by atoms with Crippen LogP contribution in [0.4, 0.5) is 0 Å². The molecule has 0 heterocycles. The van der Waals surface area contributed by atoms with E-state index in [1.165, 1.54) is 0 Å². The van der Waals surface area contributed by atoms with E-state index < -0.39 is 7.82 Å². The molecule has 10 heavy (non-hydrogen) atoms. The summed E-state index contributed by atoms with van der Waals surface area (Å²) in [4.78, 5) is 21.6. The van der Waals surface area contributed by atoms with E-state index in [0.717, 1.165) is 0 Å². The molecule has 0 aromatic carbocycles. The molecule has 0 atom stereocenters. The third kappa shape index (κ3) is 627. The van der Waals surface area contributed by atoms with Crippen LogP contribution < -0.4 is 0 Å². The van der Waals surface area contributed by atoms with E-state index in [-0.39, 0.29) is 51.5 Å². The van der Waals surface area contributed by atoms with Crippen molar-refractivity contribution in [1.82, 2.24) is 0 Å². The van der Waals surface area contributed by atoms with Crippen molar-refractivity contribution in [2.45, 2.75) is 0 Å². The fourth-order valence-electron chi connectivity index (χ4n) is 0. The zero-order chi connectivity index (χ0) is 4.50. The summed E-state index contributed by atoms with van der Waals surface area (Å²) in [5, 5.41) is 0. The van der Waals surface area contributed by atoms with Crippen LogP contribution >= 0.6 is 7.82 Å². The second-order valence-electron chi connectivity index (χ2n) is 0.513. The molecule has 0 aromatic heterocycles. The van der Waals surface area contributed by atoms with Crippen molar-refractivity contribution in [3.05, 3.63) is 0 Å². The van der Waals surface area contributed by atoms with E-state index in [0.29, 0.717) is 0 Å². The van der Waals surface area contributed by atoms with E-state index in [4.69, 9.17) is 19.2 Å². The van der Waals surface area contributed by atoms with Gasteiger partial charge in [-0.1, -0.05) is 0 Å². The number of hydrogen-bond donors (Lipinski definition) is 3. The van der Waals surface area contributed by atoms with Gasteiger partial charge in [0.2, 0.25) is 0 Å². The quantitative estimate of drug-likeness (QED) is 0.256. The van der Waals surface area contributed by atoms with Crippen molar-refractivity contribution in [1.29, 1.82) is 0 Å². The summed E-state index contributed by atoms with van der Waals surface area (Å²) in [5.74, 6) is 0. The molecular formula is H12NaO8P. The third-order valence-electron chi connectivity index (χ3n) is 0. The van der Waals surface area contributed by atoms with E-state index in [9.17, 15) is 0 Å². The summed E-state index contributed by atoms with van der Waals surface area (Å²) >= 11 is 0. The first-order chi connectivity index (χ1) is 2.00. The monoisotopic (exact) mass is 194 g/mol. The van der Waals surface area contributed by atoms with Gasteiger partial charge in [-0.25, -0.2) is 4.57 Å². The van der Waals surface area contributed by atoms with Gasteiger partial charge in [-0.05, 0) is 0 Å². The molecule has 0 aromatic rings. The molecule has 0 saturated heterocycles. The Morgan fingerprint density at radius 1 is 0.800 bits per heavy atom. The van der Waals surface area contributed by atoms with Crippen molar-refractivity contribution in [2.24, 2.45) is 0 Å². The predicted molar refractivity (Wildman–Crippen MR) is 35.9 cm³/mol. The van der Waals surface area contributed by atoms with Crippen LogP contribution in [-0.2, 0) is 4.57 Å². The van der Waals surface area contributed by atoms with Crippen LogP contribution in [0.3, 0.4) is 0 Å². The molecule has 0 bridgehead atoms. The van der Waals surface area contributed by atoms with Crippen LogP contribution in [0, 0.1) is 0 Å². The molecule has 8 nitrogen and oxygen atoms in total. The molecule has 0 aliphatic carbocycles. The molecule has 0 rings (SSSR count). The van der Waals surface area contributed by atoms with Gasteiger partial charge >= 0.3 is 37.4 Å². The average molecular weight is 194 g/mol. The Morgan fingerprint density at radius 3 is 0.800 bits per heavy atom. The van der Waals surface area contributed by atoms with Crippen LogP contribution in [0.1, 0.15) is 0 Å². The Kier molecular flexibility index (Phi) is 73.0. The average Bonchev–Trinajstić information content (AvgIpc) is 0.722. The molecule has 0 aliphatic rings. The van der Waals surface area contributed by atoms with Crippen LogP contribution in [0.5, 0.6) is 0 Å². The molecule has 0 spiro atoms. The van der Waals surface area contributed by atoms with E-state index in [1.807, 2.05) is 0 Å². The Bertz CT molecular complexity index is 55.4. The zero-order valence-corrected chi connectivity index (χ0v) is 5.09. The minimum atomic E-state index is -4.64. The molecular weight excluding hydrogens is 182 g/mol. The van der Waals surface area contributed by atoms with Gasteiger partial charge in [0.05, 0.1) is 0 Å². The maximum absolute atomic E-state index is 8.88. The first-order valence-corrected chi connectivity index (χ1v) is 2.35. The van der Waals surface area contributed by atoms with Crippen molar-refractivity contribution in [3.8, 4) is 0 Å². The molecule has 11 N–H and O–H groups in total. The van der Waals surface area contributed by atoms with E-state index >= 15 is 0 Å². The van der Waals surface area contributed by atoms with E-state index in [2.05, 4.69) is 0 Å². The van der Waals surface area contributed by atoms with Crippen LogP contribution in [-0.4, -0.2) is 66.1 Å². The van der Waals surface area contributed by atoms with Crippen LogP contribution in [0.2, 0.25) is 0 Å². The molecule has 0 fully saturated rings. The minimum absolute atomic E-state index is 0. The fraction of sp³-hybridized carbons (Fsp3) is 0. The Morgan fingerprint density at radius 2 is 0.800 bits per heavy atom. The topological polar surface area (TPSA) is 204 Å². The number of hydrogen-bond acceptors (Lipinski definition) is 1. The molecule has 10 heteroatoms. The number of phosphoric acid groups is 1. The third-order valence-corrected chi connectivity index (χ3v) is 0. The summed E-state index contributed by atoms with van der Waals surface area (Å²) in [7, 11) is -4.64. The molecule has 0 aliphatic heterocycles. The zero-order valence-electron chi connectivity index (χ0n) is 4.20. The normalized spacial score (nSPS) is 5.90. The Balaban J connectivity index is -0.00000000800. The van der Waals surface area contributed by atoms with Gasteiger partial charge in [-0.3, -0.25) is 0 Å². The van der Waals surface area contributed by atoms with Gasteiger partial charge in [0, 0.05) is 0 Å². The Hall–Kier alpha value is 0.950. The van der Waals surface area contributed by atoms with Gasteiger partial charge < -0.3 is 36.6 Å². The van der Waals surface area contributed by atoms with Crippen molar-refractivity contribution >= 4 is 37.4 Å². The van der Waals surface area contributed by atoms with Gasteiger partial charge in [-0.2, -0.15) is 0 Å². The van der Waals surface area contributed by atoms with Crippen LogP contribution in [0.15, 0.2) is 0 Å². The predicted octanol–water partition coefficient (Wildman–Crippen LogP) is -4.88. The standard InChI is InChI=1S/Na.H3O4P.4H2O.H/c;1-5(2,3)4;;;;;/h;(H3,1,2,3,4);4*1H2;. The summed E-state index contributed by atoms with van der Waals surface area (Å²) in [6.45, 7) is 0. The Labute approximate surface area is 78.6 Å². The second-order valence-corrected chi connectivity index (χ2v) is 1.54. The summed E-state index contributed by atoms with van der Waals surface area (Å²) in [6.07, 6.45) is 0. The van der Waals surface area contributed by atoms with E-state index in [1.54, 1.807) is 0 Å². The van der Waals surface area contributed by atoms with Crippen molar-refractivity contribution in [2.75, 3.05) is 0 Å². The van der Waals surface area contributed by atoms with Gasteiger partial charge in [0.25, 0.3) is 0 Å². The fourth-order valence-corrected chi connectivity index (χ4v) is 0. The molecule has 0 saturated carbocycles. The van der Waals surface area contributed by atoms with Crippen molar-refractivity contribution in [3.63, 3.8) is 0 Å². The van der Waals surface area contributed by atoms with Crippen molar-refractivity contribution < 1.29 is 41.2 Å². The van der Waals surface area contributed by atoms with Gasteiger partial charge in [-0.15, -0.1) is 0 Å². The maximum atomic E-state index is 8.88. The first-order valence-electron chi connectivity index (χ1n) is 0.783. The first kappa shape index (κ1) is 44.2. The van der Waals surface area contributed by atoms with Gasteiger partial charge in [0.15, 0.2) is 0 Å².